The van der Waals surface area contributed by atoms with Crippen LogP contribution in [0.1, 0.15) is 23.6 Å². The van der Waals surface area contributed by atoms with Gasteiger partial charge in [-0.3, -0.25) is 0 Å². The van der Waals surface area contributed by atoms with Crippen LogP contribution in [0, 0.1) is 18.6 Å². The maximum absolute atomic E-state index is 14.0. The summed E-state index contributed by atoms with van der Waals surface area (Å²) >= 11 is 0. The van der Waals surface area contributed by atoms with Gasteiger partial charge in [0.2, 0.25) is 0 Å². The number of aliphatic hydroxyl groups is 1. The SMILES string of the molecule is COc1ccc(CC(C)(O)c2ccc(C)c(F)c2F)cc1. The zero-order valence-electron chi connectivity index (χ0n) is 12.3. The summed E-state index contributed by atoms with van der Waals surface area (Å²) in [6, 6.07) is 9.99. The highest BCUT2D eigenvalue weighted by atomic mass is 19.2. The predicted molar refractivity (Wildman–Crippen MR) is 77.4 cm³/mol. The van der Waals surface area contributed by atoms with E-state index in [4.69, 9.17) is 4.74 Å². The Labute approximate surface area is 123 Å². The van der Waals surface area contributed by atoms with Crippen molar-refractivity contribution >= 4 is 0 Å². The largest absolute Gasteiger partial charge is 0.497 e. The van der Waals surface area contributed by atoms with Crippen LogP contribution in [0.25, 0.3) is 0 Å². The van der Waals surface area contributed by atoms with Crippen molar-refractivity contribution in [1.29, 1.82) is 0 Å². The first-order chi connectivity index (χ1) is 9.85. The van der Waals surface area contributed by atoms with Gasteiger partial charge in [-0.25, -0.2) is 8.78 Å². The van der Waals surface area contributed by atoms with Gasteiger partial charge in [0.15, 0.2) is 11.6 Å². The summed E-state index contributed by atoms with van der Waals surface area (Å²) in [4.78, 5) is 0. The first-order valence-electron chi connectivity index (χ1n) is 6.65. The Balaban J connectivity index is 2.31. The number of ether oxygens (including phenoxy) is 1. The molecular formula is C17H18F2O2. The number of methoxy groups -OCH3 is 1. The van der Waals surface area contributed by atoms with Gasteiger partial charge in [-0.15, -0.1) is 0 Å². The molecule has 0 saturated carbocycles. The minimum atomic E-state index is -1.49. The van der Waals surface area contributed by atoms with E-state index in [0.717, 1.165) is 5.56 Å². The average molecular weight is 292 g/mol. The Bertz CT molecular complexity index is 634. The van der Waals surface area contributed by atoms with Gasteiger partial charge in [0.1, 0.15) is 5.75 Å². The maximum atomic E-state index is 14.0. The van der Waals surface area contributed by atoms with Gasteiger partial charge in [-0.2, -0.15) is 0 Å². The molecule has 1 unspecified atom stereocenters. The number of rotatable bonds is 4. The molecule has 0 aliphatic rings. The molecule has 2 rings (SSSR count). The molecule has 1 atom stereocenters. The first-order valence-corrected chi connectivity index (χ1v) is 6.65. The normalized spacial score (nSPS) is 13.8. The van der Waals surface area contributed by atoms with E-state index < -0.39 is 17.2 Å². The fourth-order valence-corrected chi connectivity index (χ4v) is 2.30. The number of hydrogen-bond acceptors (Lipinski definition) is 2. The summed E-state index contributed by atoms with van der Waals surface area (Å²) in [6.07, 6.45) is 0.177. The average Bonchev–Trinajstić information content (AvgIpc) is 2.45. The minimum absolute atomic E-state index is 0.0404. The van der Waals surface area contributed by atoms with E-state index in [1.807, 2.05) is 0 Å². The van der Waals surface area contributed by atoms with Crippen molar-refractivity contribution in [1.82, 2.24) is 0 Å². The van der Waals surface area contributed by atoms with Crippen LogP contribution in [0.2, 0.25) is 0 Å². The number of aryl methyl sites for hydroxylation is 1. The quantitative estimate of drug-likeness (QED) is 0.930. The van der Waals surface area contributed by atoms with Gasteiger partial charge in [-0.05, 0) is 37.1 Å². The van der Waals surface area contributed by atoms with Crippen LogP contribution in [-0.2, 0) is 12.0 Å². The fourth-order valence-electron chi connectivity index (χ4n) is 2.30. The lowest BCUT2D eigenvalue weighted by molar-refractivity contribution is 0.0530. The molecule has 0 amide bonds. The summed E-state index contributed by atoms with van der Waals surface area (Å²) in [5, 5.41) is 10.5. The van der Waals surface area contributed by atoms with Crippen LogP contribution >= 0.6 is 0 Å². The Morgan fingerprint density at radius 3 is 2.24 bits per heavy atom. The lowest BCUT2D eigenvalue weighted by atomic mass is 9.88. The molecule has 0 aliphatic carbocycles. The third kappa shape index (κ3) is 3.22. The van der Waals surface area contributed by atoms with E-state index in [9.17, 15) is 13.9 Å². The van der Waals surface area contributed by atoms with Gasteiger partial charge in [0, 0.05) is 12.0 Å². The monoisotopic (exact) mass is 292 g/mol. The Hall–Kier alpha value is -1.94. The molecule has 0 heterocycles. The smallest absolute Gasteiger partial charge is 0.165 e. The molecule has 0 radical (unpaired) electrons. The van der Waals surface area contributed by atoms with E-state index in [1.54, 1.807) is 31.4 Å². The van der Waals surface area contributed by atoms with Crippen LogP contribution in [0.15, 0.2) is 36.4 Å². The van der Waals surface area contributed by atoms with Gasteiger partial charge in [-0.1, -0.05) is 24.3 Å². The molecule has 112 valence electrons. The molecule has 21 heavy (non-hydrogen) atoms. The number of halogens is 2. The molecule has 2 nitrogen and oxygen atoms in total. The van der Waals surface area contributed by atoms with Crippen molar-refractivity contribution in [3.05, 3.63) is 64.7 Å². The zero-order chi connectivity index (χ0) is 15.6. The first kappa shape index (κ1) is 15.4. The van der Waals surface area contributed by atoms with Crippen LogP contribution in [0.4, 0.5) is 8.78 Å². The molecule has 2 aromatic rings. The lowest BCUT2D eigenvalue weighted by Gasteiger charge is -2.25. The third-order valence-electron chi connectivity index (χ3n) is 3.56. The highest BCUT2D eigenvalue weighted by molar-refractivity contribution is 5.33. The molecule has 0 aliphatic heterocycles. The summed E-state index contributed by atoms with van der Waals surface area (Å²) in [6.45, 7) is 2.96. The van der Waals surface area contributed by atoms with E-state index in [1.165, 1.54) is 26.0 Å². The molecule has 0 fully saturated rings. The second-order valence-corrected chi connectivity index (χ2v) is 5.36. The second kappa shape index (κ2) is 5.82. The van der Waals surface area contributed by atoms with Crippen LogP contribution in [0.5, 0.6) is 5.75 Å². The second-order valence-electron chi connectivity index (χ2n) is 5.36. The molecule has 0 bridgehead atoms. The standard InChI is InChI=1S/C17H18F2O2/c1-11-4-9-14(16(19)15(11)18)17(2,20)10-12-5-7-13(21-3)8-6-12/h4-9,20H,10H2,1-3H3. The van der Waals surface area contributed by atoms with E-state index in [2.05, 4.69) is 0 Å². The summed E-state index contributed by atoms with van der Waals surface area (Å²) < 4.78 is 32.7. The molecule has 0 spiro atoms. The summed E-state index contributed by atoms with van der Waals surface area (Å²) in [7, 11) is 1.57. The third-order valence-corrected chi connectivity index (χ3v) is 3.56. The Morgan fingerprint density at radius 2 is 1.67 bits per heavy atom. The van der Waals surface area contributed by atoms with Crippen molar-refractivity contribution in [3.63, 3.8) is 0 Å². The van der Waals surface area contributed by atoms with Crippen LogP contribution in [0.3, 0.4) is 0 Å². The van der Waals surface area contributed by atoms with Crippen molar-refractivity contribution in [2.75, 3.05) is 7.11 Å². The Morgan fingerprint density at radius 1 is 1.05 bits per heavy atom. The minimum Gasteiger partial charge on any atom is -0.497 e. The van der Waals surface area contributed by atoms with E-state index in [-0.39, 0.29) is 17.5 Å². The topological polar surface area (TPSA) is 29.5 Å². The highest BCUT2D eigenvalue weighted by Gasteiger charge is 2.29. The van der Waals surface area contributed by atoms with Crippen LogP contribution < -0.4 is 4.74 Å². The molecule has 4 heteroatoms. The van der Waals surface area contributed by atoms with Gasteiger partial charge >= 0.3 is 0 Å². The Kier molecular flexibility index (Phi) is 4.28. The van der Waals surface area contributed by atoms with E-state index >= 15 is 0 Å². The fraction of sp³-hybridized carbons (Fsp3) is 0.294. The molecular weight excluding hydrogens is 274 g/mol. The van der Waals surface area contributed by atoms with Crippen molar-refractivity contribution in [2.45, 2.75) is 25.9 Å². The maximum Gasteiger partial charge on any atom is 0.165 e. The predicted octanol–water partition coefficient (Wildman–Crippen LogP) is 3.73. The van der Waals surface area contributed by atoms with Gasteiger partial charge < -0.3 is 9.84 Å². The number of hydrogen-bond donors (Lipinski definition) is 1. The van der Waals surface area contributed by atoms with Gasteiger partial charge in [0.25, 0.3) is 0 Å². The van der Waals surface area contributed by atoms with Crippen LogP contribution in [-0.4, -0.2) is 12.2 Å². The number of benzene rings is 2. The molecule has 0 aromatic heterocycles. The van der Waals surface area contributed by atoms with Crippen molar-refractivity contribution in [3.8, 4) is 5.75 Å². The highest BCUT2D eigenvalue weighted by Crippen LogP contribution is 2.30. The van der Waals surface area contributed by atoms with Crippen molar-refractivity contribution in [2.24, 2.45) is 0 Å². The van der Waals surface area contributed by atoms with E-state index in [0.29, 0.717) is 5.75 Å². The zero-order valence-corrected chi connectivity index (χ0v) is 12.3. The van der Waals surface area contributed by atoms with Gasteiger partial charge in [0.05, 0.1) is 12.7 Å². The molecule has 1 N–H and O–H groups in total. The van der Waals surface area contributed by atoms with Crippen molar-refractivity contribution < 1.29 is 18.6 Å². The lowest BCUT2D eigenvalue weighted by Crippen LogP contribution is -2.26. The molecule has 2 aromatic carbocycles. The molecule has 0 saturated heterocycles. The summed E-state index contributed by atoms with van der Waals surface area (Å²) in [5.41, 5.74) is -0.508. The summed E-state index contributed by atoms with van der Waals surface area (Å²) in [5.74, 6) is -1.21.